The molecular formula is C25H11F10I2N3O2. The lowest BCUT2D eigenvalue weighted by molar-refractivity contribution is -0.389. The van der Waals surface area contributed by atoms with Gasteiger partial charge in [-0.3, -0.25) is 9.59 Å². The van der Waals surface area contributed by atoms with E-state index in [-0.39, 0.29) is 23.3 Å². The van der Waals surface area contributed by atoms with E-state index in [1.807, 2.05) is 6.07 Å². The quantitative estimate of drug-likeness (QED) is 0.194. The minimum absolute atomic E-state index is 0.0219. The van der Waals surface area contributed by atoms with E-state index in [0.29, 0.717) is 0 Å². The van der Waals surface area contributed by atoms with Crippen molar-refractivity contribution in [3.05, 3.63) is 89.8 Å². The molecule has 0 aromatic heterocycles. The second-order valence-electron chi connectivity index (χ2n) is 8.31. The summed E-state index contributed by atoms with van der Waals surface area (Å²) in [6.07, 6.45) is -13.6. The van der Waals surface area contributed by atoms with Crippen LogP contribution in [-0.4, -0.2) is 30.1 Å². The van der Waals surface area contributed by atoms with Gasteiger partial charge in [-0.2, -0.15) is 40.4 Å². The number of alkyl halides is 9. The second-order valence-corrected chi connectivity index (χ2v) is 10.6. The topological polar surface area (TPSA) is 82.0 Å². The summed E-state index contributed by atoms with van der Waals surface area (Å²) < 4.78 is 135. The molecule has 17 heteroatoms. The molecule has 1 atom stereocenters. The van der Waals surface area contributed by atoms with Crippen LogP contribution in [-0.2, 0) is 5.67 Å². The predicted octanol–water partition coefficient (Wildman–Crippen LogP) is 8.34. The van der Waals surface area contributed by atoms with Gasteiger partial charge < -0.3 is 10.6 Å². The molecule has 0 fully saturated rings. The average Bonchev–Trinajstić information content (AvgIpc) is 2.89. The number of amides is 2. The third kappa shape index (κ3) is 6.14. The van der Waals surface area contributed by atoms with Crippen molar-refractivity contribution < 1.29 is 53.5 Å². The van der Waals surface area contributed by atoms with E-state index in [2.05, 4.69) is 10.6 Å². The fourth-order valence-electron chi connectivity index (χ4n) is 3.52. The summed E-state index contributed by atoms with van der Waals surface area (Å²) in [4.78, 5) is 25.3. The van der Waals surface area contributed by atoms with Gasteiger partial charge in [-0.05, 0) is 87.6 Å². The molecule has 42 heavy (non-hydrogen) atoms. The number of hydrogen-bond acceptors (Lipinski definition) is 3. The fraction of sp³-hybridized carbons (Fsp3) is 0.160. The van der Waals surface area contributed by atoms with Crippen molar-refractivity contribution in [3.63, 3.8) is 0 Å². The number of hydrogen-bond donors (Lipinski definition) is 2. The number of carbonyl (C=O) groups is 2. The summed E-state index contributed by atoms with van der Waals surface area (Å²) in [6.45, 7) is 0. The molecule has 0 radical (unpaired) electrons. The van der Waals surface area contributed by atoms with Crippen molar-refractivity contribution in [1.82, 2.24) is 0 Å². The molecule has 0 saturated heterocycles. The first-order valence-electron chi connectivity index (χ1n) is 10.9. The van der Waals surface area contributed by atoms with Gasteiger partial charge in [-0.1, -0.05) is 12.1 Å². The summed E-state index contributed by atoms with van der Waals surface area (Å²) in [5.41, 5.74) is -9.82. The molecule has 0 heterocycles. The molecule has 2 amide bonds. The number of nitriles is 1. The summed E-state index contributed by atoms with van der Waals surface area (Å²) in [7, 11) is 0. The van der Waals surface area contributed by atoms with Crippen molar-refractivity contribution in [3.8, 4) is 6.07 Å². The molecule has 0 aliphatic carbocycles. The predicted molar refractivity (Wildman–Crippen MR) is 145 cm³/mol. The normalized spacial score (nSPS) is 13.6. The highest BCUT2D eigenvalue weighted by atomic mass is 127. The van der Waals surface area contributed by atoms with Crippen LogP contribution in [0.2, 0.25) is 0 Å². The van der Waals surface area contributed by atoms with Crippen molar-refractivity contribution in [2.45, 2.75) is 23.9 Å². The van der Waals surface area contributed by atoms with Gasteiger partial charge in [0.15, 0.2) is 5.82 Å². The summed E-state index contributed by atoms with van der Waals surface area (Å²) >= 11 is 2.34. The minimum atomic E-state index is -6.92. The van der Waals surface area contributed by atoms with E-state index >= 15 is 4.39 Å². The standard InChI is InChI=1S/C25H11F10I2N3O2/c26-18-14(5-2-6-17(18)39-20(41)12-4-1-3-11(7-12)10-38)21(42)40-19-15(36)8-13(9-16(19)37)22(27,24(30,31)32)23(28,29)25(33,34)35/h1-9H,(H,39,41)(H,40,42). The highest BCUT2D eigenvalue weighted by Crippen LogP contribution is 2.58. The third-order valence-electron chi connectivity index (χ3n) is 5.60. The highest BCUT2D eigenvalue weighted by Gasteiger charge is 2.81. The molecule has 0 aliphatic rings. The Morgan fingerprint density at radius 2 is 1.33 bits per heavy atom. The zero-order chi connectivity index (χ0) is 31.8. The smallest absolute Gasteiger partial charge is 0.320 e. The zero-order valence-corrected chi connectivity index (χ0v) is 24.3. The Balaban J connectivity index is 1.96. The van der Waals surface area contributed by atoms with Crippen molar-refractivity contribution in [1.29, 1.82) is 5.26 Å². The van der Waals surface area contributed by atoms with E-state index in [1.165, 1.54) is 69.4 Å². The van der Waals surface area contributed by atoms with Crippen LogP contribution in [0.4, 0.5) is 55.3 Å². The highest BCUT2D eigenvalue weighted by molar-refractivity contribution is 14.1. The van der Waals surface area contributed by atoms with E-state index in [4.69, 9.17) is 5.26 Å². The van der Waals surface area contributed by atoms with Gasteiger partial charge in [-0.25, -0.2) is 8.78 Å². The lowest BCUT2D eigenvalue weighted by Gasteiger charge is -2.36. The van der Waals surface area contributed by atoms with Crippen LogP contribution >= 0.6 is 45.2 Å². The van der Waals surface area contributed by atoms with Gasteiger partial charge in [0.1, 0.15) is 0 Å². The van der Waals surface area contributed by atoms with Crippen LogP contribution in [0.15, 0.2) is 54.6 Å². The summed E-state index contributed by atoms with van der Waals surface area (Å²) in [6, 6.07) is 10.4. The molecule has 3 aromatic rings. The molecule has 222 valence electrons. The molecule has 0 aliphatic heterocycles. The van der Waals surface area contributed by atoms with E-state index in [0.717, 1.165) is 18.2 Å². The number of benzene rings is 3. The van der Waals surface area contributed by atoms with Crippen molar-refractivity contribution in [2.24, 2.45) is 0 Å². The Kier molecular flexibility index (Phi) is 9.41. The number of carbonyl (C=O) groups excluding carboxylic acids is 2. The first kappa shape index (κ1) is 33.4. The molecule has 1 unspecified atom stereocenters. The van der Waals surface area contributed by atoms with Crippen LogP contribution in [0.25, 0.3) is 0 Å². The van der Waals surface area contributed by atoms with Gasteiger partial charge in [0.25, 0.3) is 11.8 Å². The monoisotopic (exact) mass is 829 g/mol. The molecular weight excluding hydrogens is 818 g/mol. The lowest BCUT2D eigenvalue weighted by Crippen LogP contribution is -2.59. The van der Waals surface area contributed by atoms with E-state index < -0.39 is 71.2 Å². The van der Waals surface area contributed by atoms with Crippen molar-refractivity contribution >= 4 is 68.4 Å². The molecule has 3 aromatic carbocycles. The lowest BCUT2D eigenvalue weighted by atomic mass is 9.87. The minimum Gasteiger partial charge on any atom is -0.320 e. The first-order chi connectivity index (χ1) is 19.3. The molecule has 0 spiro atoms. The Hall–Kier alpha value is -3.15. The van der Waals surface area contributed by atoms with Crippen LogP contribution in [0.1, 0.15) is 31.8 Å². The Morgan fingerprint density at radius 1 is 0.762 bits per heavy atom. The molecule has 2 N–H and O–H groups in total. The average molecular weight is 829 g/mol. The Labute approximate surface area is 256 Å². The second kappa shape index (κ2) is 11.9. The SMILES string of the molecule is N#Cc1cccc(C(=O)Nc2cccc(C(=O)Nc3c(I)cc(C(F)(C(F)(F)F)C(F)(F)C(F)(F)F)cc3I)c2F)c1. The maximum Gasteiger partial charge on any atom is 0.457 e. The van der Waals surface area contributed by atoms with Crippen LogP contribution in [0, 0.1) is 24.3 Å². The number of nitrogens with zero attached hydrogens (tertiary/aromatic N) is 1. The Morgan fingerprint density at radius 3 is 1.86 bits per heavy atom. The van der Waals surface area contributed by atoms with Crippen LogP contribution < -0.4 is 10.6 Å². The van der Waals surface area contributed by atoms with E-state index in [1.54, 1.807) is 0 Å². The Bertz CT molecular complexity index is 1580. The first-order valence-corrected chi connectivity index (χ1v) is 13.0. The zero-order valence-electron chi connectivity index (χ0n) is 20.0. The van der Waals surface area contributed by atoms with Gasteiger partial charge in [0.05, 0.1) is 28.6 Å². The third-order valence-corrected chi connectivity index (χ3v) is 7.30. The van der Waals surface area contributed by atoms with Gasteiger partial charge in [0.2, 0.25) is 0 Å². The number of halogens is 12. The fourth-order valence-corrected chi connectivity index (χ4v) is 5.56. The molecule has 0 saturated carbocycles. The number of rotatable bonds is 6. The van der Waals surface area contributed by atoms with Gasteiger partial charge >= 0.3 is 23.9 Å². The maximum absolute atomic E-state index is 15.1. The summed E-state index contributed by atoms with van der Waals surface area (Å²) in [5.74, 6) is -10.3. The molecule has 3 rings (SSSR count). The van der Waals surface area contributed by atoms with Gasteiger partial charge in [0, 0.05) is 18.3 Å². The molecule has 0 bridgehead atoms. The van der Waals surface area contributed by atoms with E-state index in [9.17, 15) is 49.1 Å². The van der Waals surface area contributed by atoms with Crippen molar-refractivity contribution in [2.75, 3.05) is 10.6 Å². The number of anilines is 2. The van der Waals surface area contributed by atoms with Crippen LogP contribution in [0.5, 0.6) is 0 Å². The maximum atomic E-state index is 15.1. The summed E-state index contributed by atoms with van der Waals surface area (Å²) in [5, 5.41) is 13.3. The number of nitrogens with one attached hydrogen (secondary N) is 2. The largest absolute Gasteiger partial charge is 0.457 e. The van der Waals surface area contributed by atoms with Gasteiger partial charge in [-0.15, -0.1) is 0 Å². The van der Waals surface area contributed by atoms with Crippen LogP contribution in [0.3, 0.4) is 0 Å². The molecule has 5 nitrogen and oxygen atoms in total.